The molecule has 4 aromatic rings. The largest absolute Gasteiger partial charge is 0.463 e. The molecule has 0 spiro atoms. The van der Waals surface area contributed by atoms with Gasteiger partial charge in [-0.05, 0) is 56.5 Å². The van der Waals surface area contributed by atoms with Crippen LogP contribution in [0.2, 0.25) is 0 Å². The van der Waals surface area contributed by atoms with Gasteiger partial charge in [0.15, 0.2) is 5.76 Å². The van der Waals surface area contributed by atoms with Gasteiger partial charge in [0.1, 0.15) is 17.7 Å². The minimum Gasteiger partial charge on any atom is -0.463 e. The van der Waals surface area contributed by atoms with Gasteiger partial charge in [0.25, 0.3) is 5.95 Å². The Kier molecular flexibility index (Phi) is 4.04. The van der Waals surface area contributed by atoms with Gasteiger partial charge in [0, 0.05) is 22.7 Å². The molecular weight excluding hydrogens is 368 g/mol. The van der Waals surface area contributed by atoms with Crippen molar-refractivity contribution in [3.63, 3.8) is 0 Å². The first-order chi connectivity index (χ1) is 14.2. The first-order valence-electron chi connectivity index (χ1n) is 9.40. The van der Waals surface area contributed by atoms with E-state index in [0.717, 1.165) is 47.0 Å². The molecule has 8 heteroatoms. The van der Waals surface area contributed by atoms with Crippen molar-refractivity contribution in [2.45, 2.75) is 32.7 Å². The number of anilines is 1. The maximum atomic E-state index is 11.5. The van der Waals surface area contributed by atoms with E-state index in [-0.39, 0.29) is 12.0 Å². The van der Waals surface area contributed by atoms with Gasteiger partial charge in [-0.1, -0.05) is 0 Å². The van der Waals surface area contributed by atoms with Crippen LogP contribution in [0.15, 0.2) is 41.3 Å². The fourth-order valence-corrected chi connectivity index (χ4v) is 3.46. The number of carbonyl (C=O) groups excluding carboxylic acids is 1. The van der Waals surface area contributed by atoms with Crippen LogP contribution in [0.1, 0.15) is 24.1 Å². The molecule has 1 aliphatic carbocycles. The molecule has 1 saturated carbocycles. The Morgan fingerprint density at radius 1 is 1.14 bits per heavy atom. The number of fused-ring (bicyclic) bond motifs is 1. The summed E-state index contributed by atoms with van der Waals surface area (Å²) in [6.07, 6.45) is 5.82. The van der Waals surface area contributed by atoms with Gasteiger partial charge in [-0.3, -0.25) is 9.69 Å². The Morgan fingerprint density at radius 2 is 2.00 bits per heavy atom. The number of aryl methyl sites for hydroxylation is 2. The van der Waals surface area contributed by atoms with Crippen LogP contribution in [0, 0.1) is 13.8 Å². The zero-order valence-electron chi connectivity index (χ0n) is 16.0. The number of rotatable bonds is 5. The molecule has 1 aromatic carbocycles. The lowest BCUT2D eigenvalue weighted by Crippen LogP contribution is -2.26. The number of furan rings is 1. The zero-order valence-corrected chi connectivity index (χ0v) is 16.0. The number of hydrogen-bond acceptors (Lipinski definition) is 7. The zero-order chi connectivity index (χ0) is 20.0. The Bertz CT molecular complexity index is 1220. The monoisotopic (exact) mass is 386 g/mol. The summed E-state index contributed by atoms with van der Waals surface area (Å²) < 4.78 is 5.61. The molecule has 0 atom stereocenters. The number of amides is 1. The van der Waals surface area contributed by atoms with Gasteiger partial charge in [-0.25, -0.2) is 15.0 Å². The van der Waals surface area contributed by atoms with E-state index in [9.17, 15) is 4.79 Å². The molecule has 29 heavy (non-hydrogen) atoms. The smallest absolute Gasteiger partial charge is 0.252 e. The van der Waals surface area contributed by atoms with Crippen LogP contribution in [0.3, 0.4) is 0 Å². The summed E-state index contributed by atoms with van der Waals surface area (Å²) in [4.78, 5) is 26.4. The Labute approximate surface area is 166 Å². The SMILES string of the molecule is Cc1ncnc2c(C)cc(-c3nnc(N(C=O)C4CC4)nc3-c3ccco3)cc12. The van der Waals surface area contributed by atoms with E-state index in [4.69, 9.17) is 4.42 Å². The highest BCUT2D eigenvalue weighted by molar-refractivity contribution is 5.90. The third-order valence-electron chi connectivity index (χ3n) is 5.12. The molecular formula is C21H18N6O2. The lowest BCUT2D eigenvalue weighted by Gasteiger charge is -2.15. The number of carbonyl (C=O) groups is 1. The third kappa shape index (κ3) is 3.02. The van der Waals surface area contributed by atoms with Crippen molar-refractivity contribution in [1.82, 2.24) is 25.1 Å². The average molecular weight is 386 g/mol. The Balaban J connectivity index is 1.71. The van der Waals surface area contributed by atoms with Crippen molar-refractivity contribution >= 4 is 23.3 Å². The van der Waals surface area contributed by atoms with Crippen molar-refractivity contribution in [2.75, 3.05) is 4.90 Å². The van der Waals surface area contributed by atoms with Crippen LogP contribution in [0.25, 0.3) is 33.6 Å². The number of benzene rings is 1. The molecule has 1 aliphatic rings. The summed E-state index contributed by atoms with van der Waals surface area (Å²) in [6.45, 7) is 3.95. The molecule has 3 heterocycles. The standard InChI is InChI=1S/C21H18N6O2/c1-12-8-14(9-16-13(2)22-10-23-18(12)16)19-20(17-4-3-7-29-17)24-21(26-25-19)27(11-28)15-5-6-15/h3-4,7-11,15H,5-6H2,1-2H3. The Morgan fingerprint density at radius 3 is 2.72 bits per heavy atom. The maximum absolute atomic E-state index is 11.5. The molecule has 0 bridgehead atoms. The van der Waals surface area contributed by atoms with Crippen molar-refractivity contribution < 1.29 is 9.21 Å². The summed E-state index contributed by atoms with van der Waals surface area (Å²) in [5, 5.41) is 9.65. The second-order valence-electron chi connectivity index (χ2n) is 7.18. The van der Waals surface area contributed by atoms with Crippen LogP contribution in [0.4, 0.5) is 5.95 Å². The highest BCUT2D eigenvalue weighted by Gasteiger charge is 2.32. The van der Waals surface area contributed by atoms with Gasteiger partial charge in [-0.15, -0.1) is 10.2 Å². The summed E-state index contributed by atoms with van der Waals surface area (Å²) in [7, 11) is 0. The first kappa shape index (κ1) is 17.4. The van der Waals surface area contributed by atoms with Crippen molar-refractivity contribution in [3.8, 4) is 22.7 Å². The van der Waals surface area contributed by atoms with Crippen molar-refractivity contribution in [2.24, 2.45) is 0 Å². The van der Waals surface area contributed by atoms with E-state index in [1.165, 1.54) is 4.90 Å². The highest BCUT2D eigenvalue weighted by Crippen LogP contribution is 2.34. The number of aromatic nitrogens is 5. The van der Waals surface area contributed by atoms with Crippen LogP contribution >= 0.6 is 0 Å². The topological polar surface area (TPSA) is 97.9 Å². The summed E-state index contributed by atoms with van der Waals surface area (Å²) >= 11 is 0. The molecule has 0 radical (unpaired) electrons. The van der Waals surface area contributed by atoms with Crippen LogP contribution in [-0.2, 0) is 4.79 Å². The summed E-state index contributed by atoms with van der Waals surface area (Å²) in [5.74, 6) is 0.853. The summed E-state index contributed by atoms with van der Waals surface area (Å²) in [5.41, 5.74) is 4.76. The quantitative estimate of drug-likeness (QED) is 0.484. The predicted octanol–water partition coefficient (Wildman–Crippen LogP) is 3.48. The fraction of sp³-hybridized carbons (Fsp3) is 0.238. The van der Waals surface area contributed by atoms with E-state index in [1.807, 2.05) is 32.0 Å². The lowest BCUT2D eigenvalue weighted by atomic mass is 10.0. The predicted molar refractivity (Wildman–Crippen MR) is 107 cm³/mol. The van der Waals surface area contributed by atoms with E-state index < -0.39 is 0 Å². The van der Waals surface area contributed by atoms with Gasteiger partial charge in [0.05, 0.1) is 11.8 Å². The van der Waals surface area contributed by atoms with Crippen LogP contribution < -0.4 is 4.90 Å². The fourth-order valence-electron chi connectivity index (χ4n) is 3.46. The molecule has 1 amide bonds. The minimum absolute atomic E-state index is 0.146. The van der Waals surface area contributed by atoms with E-state index in [2.05, 4.69) is 25.1 Å². The maximum Gasteiger partial charge on any atom is 0.252 e. The molecule has 0 unspecified atom stereocenters. The highest BCUT2D eigenvalue weighted by atomic mass is 16.3. The number of nitrogens with zero attached hydrogens (tertiary/aromatic N) is 6. The van der Waals surface area contributed by atoms with Crippen LogP contribution in [0.5, 0.6) is 0 Å². The third-order valence-corrected chi connectivity index (χ3v) is 5.12. The normalized spacial score (nSPS) is 13.6. The molecule has 8 nitrogen and oxygen atoms in total. The van der Waals surface area contributed by atoms with Crippen molar-refractivity contribution in [1.29, 1.82) is 0 Å². The van der Waals surface area contributed by atoms with E-state index in [1.54, 1.807) is 18.7 Å². The molecule has 0 aliphatic heterocycles. The van der Waals surface area contributed by atoms with Crippen LogP contribution in [-0.4, -0.2) is 37.6 Å². The average Bonchev–Trinajstić information content (AvgIpc) is 3.41. The molecule has 0 saturated heterocycles. The van der Waals surface area contributed by atoms with Gasteiger partial charge in [0.2, 0.25) is 6.41 Å². The van der Waals surface area contributed by atoms with Gasteiger partial charge >= 0.3 is 0 Å². The molecule has 0 N–H and O–H groups in total. The second-order valence-corrected chi connectivity index (χ2v) is 7.18. The second kappa shape index (κ2) is 6.73. The molecule has 1 fully saturated rings. The van der Waals surface area contributed by atoms with Crippen molar-refractivity contribution in [3.05, 3.63) is 48.1 Å². The minimum atomic E-state index is 0.146. The lowest BCUT2D eigenvalue weighted by molar-refractivity contribution is -0.107. The number of hydrogen-bond donors (Lipinski definition) is 0. The van der Waals surface area contributed by atoms with E-state index in [0.29, 0.717) is 17.1 Å². The van der Waals surface area contributed by atoms with Gasteiger partial charge < -0.3 is 4.42 Å². The molecule has 3 aromatic heterocycles. The molecule has 5 rings (SSSR count). The summed E-state index contributed by atoms with van der Waals surface area (Å²) in [6, 6.07) is 7.76. The molecule has 144 valence electrons. The van der Waals surface area contributed by atoms with E-state index >= 15 is 0 Å². The Hall–Kier alpha value is -3.68. The first-order valence-corrected chi connectivity index (χ1v) is 9.40. The van der Waals surface area contributed by atoms with Gasteiger partial charge in [-0.2, -0.15) is 0 Å².